The van der Waals surface area contributed by atoms with Gasteiger partial charge in [-0.2, -0.15) is 5.26 Å². The minimum Gasteiger partial charge on any atom is -0.458 e. The zero-order chi connectivity index (χ0) is 18.4. The lowest BCUT2D eigenvalue weighted by atomic mass is 10.1. The van der Waals surface area contributed by atoms with Crippen molar-refractivity contribution in [3.8, 4) is 6.07 Å². The standard InChI is InChI=1S/C20H17N3O3/c21-13-16-11-12-17(22-18(24)14-7-3-1-4-8-14)20(26-16)23-19(25)15-9-5-2-6-10-15/h1-11,17,20H,12H2,(H,22,24)(H,23,25)/t17-,20-/m0/s1. The maximum Gasteiger partial charge on any atom is 0.254 e. The van der Waals surface area contributed by atoms with Gasteiger partial charge in [-0.1, -0.05) is 36.4 Å². The quantitative estimate of drug-likeness (QED) is 0.888. The molecule has 26 heavy (non-hydrogen) atoms. The number of nitrogens with one attached hydrogen (secondary N) is 2. The van der Waals surface area contributed by atoms with Crippen molar-refractivity contribution in [2.24, 2.45) is 0 Å². The predicted molar refractivity (Wildman–Crippen MR) is 94.8 cm³/mol. The number of ether oxygens (including phenoxy) is 1. The monoisotopic (exact) mass is 347 g/mol. The van der Waals surface area contributed by atoms with Crippen LogP contribution in [-0.4, -0.2) is 24.1 Å². The smallest absolute Gasteiger partial charge is 0.254 e. The Morgan fingerprint density at radius 2 is 1.46 bits per heavy atom. The third-order valence-electron chi connectivity index (χ3n) is 3.95. The number of hydrogen-bond acceptors (Lipinski definition) is 4. The number of nitrogens with zero attached hydrogens (tertiary/aromatic N) is 1. The fourth-order valence-electron chi connectivity index (χ4n) is 2.60. The zero-order valence-electron chi connectivity index (χ0n) is 13.9. The van der Waals surface area contributed by atoms with Gasteiger partial charge in [0.05, 0.1) is 6.04 Å². The summed E-state index contributed by atoms with van der Waals surface area (Å²) in [5.41, 5.74) is 0.980. The number of nitriles is 1. The summed E-state index contributed by atoms with van der Waals surface area (Å²) in [6, 6.07) is 18.9. The molecule has 1 heterocycles. The van der Waals surface area contributed by atoms with Crippen LogP contribution in [0.5, 0.6) is 0 Å². The van der Waals surface area contributed by atoms with Gasteiger partial charge in [0.15, 0.2) is 12.0 Å². The maximum absolute atomic E-state index is 12.4. The van der Waals surface area contributed by atoms with E-state index in [-0.39, 0.29) is 17.6 Å². The molecule has 2 amide bonds. The number of hydrogen-bond donors (Lipinski definition) is 2. The Labute approximate surface area is 151 Å². The molecule has 1 aliphatic heterocycles. The molecule has 0 spiro atoms. The van der Waals surface area contributed by atoms with Crippen LogP contribution in [0.15, 0.2) is 72.5 Å². The van der Waals surface area contributed by atoms with Crippen LogP contribution in [0, 0.1) is 11.3 Å². The number of amides is 2. The van der Waals surface area contributed by atoms with E-state index in [1.807, 2.05) is 18.2 Å². The molecule has 0 aromatic heterocycles. The molecule has 3 rings (SSSR count). The summed E-state index contributed by atoms with van der Waals surface area (Å²) in [7, 11) is 0. The van der Waals surface area contributed by atoms with Crippen molar-refractivity contribution < 1.29 is 14.3 Å². The first kappa shape index (κ1) is 17.2. The Balaban J connectivity index is 1.74. The van der Waals surface area contributed by atoms with Gasteiger partial charge in [0.25, 0.3) is 11.8 Å². The highest BCUT2D eigenvalue weighted by atomic mass is 16.5. The molecule has 1 aliphatic rings. The Hall–Kier alpha value is -3.59. The van der Waals surface area contributed by atoms with Gasteiger partial charge in [-0.15, -0.1) is 0 Å². The first-order valence-corrected chi connectivity index (χ1v) is 8.16. The Morgan fingerprint density at radius 3 is 2.00 bits per heavy atom. The lowest BCUT2D eigenvalue weighted by molar-refractivity contribution is 0.0393. The van der Waals surface area contributed by atoms with Crippen molar-refractivity contribution in [1.82, 2.24) is 10.6 Å². The maximum atomic E-state index is 12.4. The van der Waals surface area contributed by atoms with Gasteiger partial charge in [-0.05, 0) is 36.8 Å². The van der Waals surface area contributed by atoms with Crippen LogP contribution >= 0.6 is 0 Å². The summed E-state index contributed by atoms with van der Waals surface area (Å²) < 4.78 is 5.53. The van der Waals surface area contributed by atoms with Crippen LogP contribution < -0.4 is 10.6 Å². The number of allylic oxidation sites excluding steroid dienone is 1. The van der Waals surface area contributed by atoms with Crippen LogP contribution in [0.2, 0.25) is 0 Å². The predicted octanol–water partition coefficient (Wildman–Crippen LogP) is 2.37. The first-order valence-electron chi connectivity index (χ1n) is 8.16. The molecule has 0 saturated carbocycles. The molecule has 0 bridgehead atoms. The van der Waals surface area contributed by atoms with E-state index in [4.69, 9.17) is 10.00 Å². The van der Waals surface area contributed by atoms with E-state index in [0.717, 1.165) is 0 Å². The molecule has 0 fully saturated rings. The molecule has 2 aromatic rings. The van der Waals surface area contributed by atoms with E-state index < -0.39 is 12.3 Å². The molecule has 2 aromatic carbocycles. The summed E-state index contributed by atoms with van der Waals surface area (Å²) in [5, 5.41) is 14.7. The second-order valence-corrected chi connectivity index (χ2v) is 5.74. The normalized spacial score (nSPS) is 18.7. The summed E-state index contributed by atoms with van der Waals surface area (Å²) >= 11 is 0. The lowest BCUT2D eigenvalue weighted by Gasteiger charge is -2.31. The Bertz CT molecular complexity index is 857. The van der Waals surface area contributed by atoms with Gasteiger partial charge in [-0.3, -0.25) is 9.59 Å². The molecule has 6 nitrogen and oxygen atoms in total. The fourth-order valence-corrected chi connectivity index (χ4v) is 2.60. The number of carbonyl (C=O) groups excluding carboxylic acids is 2. The molecule has 0 aliphatic carbocycles. The van der Waals surface area contributed by atoms with Gasteiger partial charge >= 0.3 is 0 Å². The Kier molecular flexibility index (Phi) is 5.30. The number of benzene rings is 2. The fraction of sp³-hybridized carbons (Fsp3) is 0.150. The summed E-state index contributed by atoms with van der Waals surface area (Å²) in [6.45, 7) is 0. The van der Waals surface area contributed by atoms with Crippen molar-refractivity contribution in [3.05, 3.63) is 83.6 Å². The summed E-state index contributed by atoms with van der Waals surface area (Å²) in [6.07, 6.45) is 1.14. The van der Waals surface area contributed by atoms with E-state index in [0.29, 0.717) is 17.5 Å². The second kappa shape index (κ2) is 7.99. The highest BCUT2D eigenvalue weighted by molar-refractivity contribution is 5.95. The van der Waals surface area contributed by atoms with E-state index in [1.54, 1.807) is 54.6 Å². The third kappa shape index (κ3) is 4.08. The Morgan fingerprint density at radius 1 is 0.923 bits per heavy atom. The van der Waals surface area contributed by atoms with Crippen molar-refractivity contribution in [2.45, 2.75) is 18.7 Å². The van der Waals surface area contributed by atoms with Crippen molar-refractivity contribution >= 4 is 11.8 Å². The zero-order valence-corrected chi connectivity index (χ0v) is 13.9. The SMILES string of the molecule is N#CC1=CC[C@H](NC(=O)c2ccccc2)[C@@H](NC(=O)c2ccccc2)O1. The van der Waals surface area contributed by atoms with Gasteiger partial charge in [0.2, 0.25) is 0 Å². The molecule has 130 valence electrons. The molecule has 6 heteroatoms. The van der Waals surface area contributed by atoms with Gasteiger partial charge in [0, 0.05) is 11.1 Å². The highest BCUT2D eigenvalue weighted by Gasteiger charge is 2.30. The summed E-state index contributed by atoms with van der Waals surface area (Å²) in [5.74, 6) is -0.491. The molecule has 2 atom stereocenters. The molecule has 0 saturated heterocycles. The molecular weight excluding hydrogens is 330 g/mol. The average Bonchev–Trinajstić information content (AvgIpc) is 2.70. The number of carbonyl (C=O) groups is 2. The minimum atomic E-state index is -0.838. The third-order valence-corrected chi connectivity index (χ3v) is 3.95. The lowest BCUT2D eigenvalue weighted by Crippen LogP contribution is -2.54. The van der Waals surface area contributed by atoms with Gasteiger partial charge in [-0.25, -0.2) is 0 Å². The second-order valence-electron chi connectivity index (χ2n) is 5.74. The highest BCUT2D eigenvalue weighted by Crippen LogP contribution is 2.17. The molecular formula is C20H17N3O3. The van der Waals surface area contributed by atoms with Crippen LogP contribution in [0.4, 0.5) is 0 Å². The van der Waals surface area contributed by atoms with E-state index in [9.17, 15) is 9.59 Å². The first-order chi connectivity index (χ1) is 12.7. The van der Waals surface area contributed by atoms with Crippen LogP contribution in [0.3, 0.4) is 0 Å². The van der Waals surface area contributed by atoms with Gasteiger partial charge < -0.3 is 15.4 Å². The van der Waals surface area contributed by atoms with Crippen molar-refractivity contribution in [3.63, 3.8) is 0 Å². The van der Waals surface area contributed by atoms with E-state index >= 15 is 0 Å². The number of rotatable bonds is 4. The molecule has 0 radical (unpaired) electrons. The van der Waals surface area contributed by atoms with Crippen LogP contribution in [0.1, 0.15) is 27.1 Å². The van der Waals surface area contributed by atoms with Crippen LogP contribution in [0.25, 0.3) is 0 Å². The average molecular weight is 347 g/mol. The summed E-state index contributed by atoms with van der Waals surface area (Å²) in [4.78, 5) is 24.8. The molecule has 2 N–H and O–H groups in total. The van der Waals surface area contributed by atoms with Crippen molar-refractivity contribution in [1.29, 1.82) is 5.26 Å². The minimum absolute atomic E-state index is 0.119. The topological polar surface area (TPSA) is 91.2 Å². The van der Waals surface area contributed by atoms with Gasteiger partial charge in [0.1, 0.15) is 6.07 Å². The van der Waals surface area contributed by atoms with E-state index in [2.05, 4.69) is 10.6 Å². The van der Waals surface area contributed by atoms with Crippen molar-refractivity contribution in [2.75, 3.05) is 0 Å². The van der Waals surface area contributed by atoms with Crippen LogP contribution in [-0.2, 0) is 4.74 Å². The molecule has 0 unspecified atom stereocenters. The van der Waals surface area contributed by atoms with E-state index in [1.165, 1.54) is 0 Å². The largest absolute Gasteiger partial charge is 0.458 e.